The van der Waals surface area contributed by atoms with Gasteiger partial charge in [0.2, 0.25) is 0 Å². The highest BCUT2D eigenvalue weighted by molar-refractivity contribution is 6.06. The number of amides is 1. The van der Waals surface area contributed by atoms with Crippen molar-refractivity contribution in [2.45, 2.75) is 32.6 Å². The van der Waals surface area contributed by atoms with E-state index >= 15 is 0 Å². The summed E-state index contributed by atoms with van der Waals surface area (Å²) in [6.07, 6.45) is 6.15. The number of carbonyl (C=O) groups is 1. The molecule has 2 N–H and O–H groups in total. The number of likely N-dealkylation sites (tertiary alicyclic amines) is 1. The van der Waals surface area contributed by atoms with E-state index in [9.17, 15) is 4.79 Å². The average molecular weight is 377 g/mol. The van der Waals surface area contributed by atoms with Crippen LogP contribution in [0.15, 0.2) is 36.5 Å². The summed E-state index contributed by atoms with van der Waals surface area (Å²) in [6, 6.07) is 10.1. The number of nitrogens with one attached hydrogen (secondary N) is 2. The number of H-pyrrole nitrogens is 1. The van der Waals surface area contributed by atoms with Crippen molar-refractivity contribution in [2.24, 2.45) is 0 Å². The molecule has 1 aromatic carbocycles. The molecule has 2 aromatic heterocycles. The molecule has 1 fully saturated rings. The number of benzene rings is 1. The van der Waals surface area contributed by atoms with Gasteiger partial charge in [0.15, 0.2) is 5.65 Å². The van der Waals surface area contributed by atoms with Crippen LogP contribution in [0.1, 0.15) is 42.1 Å². The summed E-state index contributed by atoms with van der Waals surface area (Å²) < 4.78 is 0. The summed E-state index contributed by atoms with van der Waals surface area (Å²) in [6.45, 7) is 6.23. The molecule has 1 aliphatic rings. The lowest BCUT2D eigenvalue weighted by Gasteiger charge is -2.14. The maximum atomic E-state index is 12.9. The summed E-state index contributed by atoms with van der Waals surface area (Å²) in [4.78, 5) is 20.1. The number of hydrogen-bond donors (Lipinski definition) is 2. The maximum absolute atomic E-state index is 12.9. The van der Waals surface area contributed by atoms with E-state index in [-0.39, 0.29) is 5.91 Å². The van der Waals surface area contributed by atoms with E-state index in [1.165, 1.54) is 31.5 Å². The van der Waals surface area contributed by atoms with Crippen LogP contribution >= 0.6 is 0 Å². The van der Waals surface area contributed by atoms with E-state index in [2.05, 4.69) is 39.5 Å². The zero-order valence-corrected chi connectivity index (χ0v) is 16.4. The molecule has 0 spiro atoms. The molecular weight excluding hydrogens is 350 g/mol. The minimum absolute atomic E-state index is 0.0644. The number of hydrogen-bond acceptors (Lipinski definition) is 4. The van der Waals surface area contributed by atoms with Crippen molar-refractivity contribution in [3.05, 3.63) is 47.7 Å². The first-order valence-corrected chi connectivity index (χ1v) is 10.2. The van der Waals surface area contributed by atoms with Crippen molar-refractivity contribution in [2.75, 3.05) is 26.2 Å². The van der Waals surface area contributed by atoms with E-state index in [1.807, 2.05) is 18.2 Å². The van der Waals surface area contributed by atoms with Crippen molar-refractivity contribution in [1.82, 2.24) is 25.4 Å². The molecule has 0 saturated carbocycles. The van der Waals surface area contributed by atoms with Gasteiger partial charge in [-0.05, 0) is 56.9 Å². The van der Waals surface area contributed by atoms with Gasteiger partial charge in [0.25, 0.3) is 5.91 Å². The molecule has 1 aliphatic heterocycles. The Morgan fingerprint density at radius 1 is 1.25 bits per heavy atom. The van der Waals surface area contributed by atoms with E-state index < -0.39 is 0 Å². The summed E-state index contributed by atoms with van der Waals surface area (Å²) in [5.41, 5.74) is 4.35. The second kappa shape index (κ2) is 8.52. The van der Waals surface area contributed by atoms with E-state index in [0.29, 0.717) is 17.8 Å². The molecule has 0 atom stereocenters. The zero-order valence-electron chi connectivity index (χ0n) is 16.4. The summed E-state index contributed by atoms with van der Waals surface area (Å²) >= 11 is 0. The van der Waals surface area contributed by atoms with Crippen LogP contribution in [0.25, 0.3) is 22.3 Å². The first kappa shape index (κ1) is 18.6. The molecule has 3 aromatic rings. The lowest BCUT2D eigenvalue weighted by atomic mass is 10.00. The molecule has 1 amide bonds. The molecule has 28 heavy (non-hydrogen) atoms. The van der Waals surface area contributed by atoms with Crippen molar-refractivity contribution >= 4 is 16.9 Å². The second-order valence-corrected chi connectivity index (χ2v) is 7.36. The molecule has 0 bridgehead atoms. The molecule has 0 unspecified atom stereocenters. The predicted octanol–water partition coefficient (Wildman–Crippen LogP) is 3.40. The molecule has 1 saturated heterocycles. The van der Waals surface area contributed by atoms with Crippen molar-refractivity contribution in [1.29, 1.82) is 0 Å². The van der Waals surface area contributed by atoms with Crippen LogP contribution in [0.4, 0.5) is 0 Å². The molecule has 146 valence electrons. The summed E-state index contributed by atoms with van der Waals surface area (Å²) in [7, 11) is 0. The Labute approximate surface area is 165 Å². The highest BCUT2D eigenvalue weighted by Crippen LogP contribution is 2.26. The molecule has 4 rings (SSSR count). The smallest absolute Gasteiger partial charge is 0.252 e. The van der Waals surface area contributed by atoms with Gasteiger partial charge in [0, 0.05) is 12.1 Å². The Bertz CT molecular complexity index is 958. The minimum Gasteiger partial charge on any atom is -0.352 e. The average Bonchev–Trinajstić information content (AvgIpc) is 3.42. The van der Waals surface area contributed by atoms with Gasteiger partial charge in [-0.2, -0.15) is 5.10 Å². The Hall–Kier alpha value is -2.73. The van der Waals surface area contributed by atoms with Crippen LogP contribution in [0.2, 0.25) is 0 Å². The third kappa shape index (κ3) is 3.92. The van der Waals surface area contributed by atoms with Gasteiger partial charge >= 0.3 is 0 Å². The van der Waals surface area contributed by atoms with Gasteiger partial charge in [-0.1, -0.05) is 31.2 Å². The Morgan fingerprint density at radius 2 is 2.07 bits per heavy atom. The molecule has 0 radical (unpaired) electrons. The number of aromatic nitrogens is 3. The van der Waals surface area contributed by atoms with Gasteiger partial charge in [-0.15, -0.1) is 0 Å². The Morgan fingerprint density at radius 3 is 2.89 bits per heavy atom. The normalized spacial score (nSPS) is 14.6. The van der Waals surface area contributed by atoms with Crippen LogP contribution in [0.5, 0.6) is 0 Å². The fourth-order valence-corrected chi connectivity index (χ4v) is 3.94. The lowest BCUT2D eigenvalue weighted by Crippen LogP contribution is -2.28. The monoisotopic (exact) mass is 377 g/mol. The fourth-order valence-electron chi connectivity index (χ4n) is 3.94. The standard InChI is InChI=1S/C22H27N5O/c1-2-16-8-3-4-9-17(16)20-14-18(19-15-24-26-21(19)25-20)22(28)23-10-7-13-27-11-5-6-12-27/h3-4,8-9,14-15H,2,5-7,10-13H2,1H3,(H,23,28)(H,24,25,26). The SMILES string of the molecule is CCc1ccccc1-c1cc(C(=O)NCCCN2CCCC2)c2cn[nH]c2n1. The first-order valence-electron chi connectivity index (χ1n) is 10.2. The molecule has 3 heterocycles. The Kier molecular flexibility index (Phi) is 5.67. The third-order valence-corrected chi connectivity index (χ3v) is 5.48. The van der Waals surface area contributed by atoms with Crippen LogP contribution in [0.3, 0.4) is 0 Å². The molecular formula is C22H27N5O. The summed E-state index contributed by atoms with van der Waals surface area (Å²) in [5, 5.41) is 10.9. The van der Waals surface area contributed by atoms with Crippen molar-refractivity contribution < 1.29 is 4.79 Å². The van der Waals surface area contributed by atoms with Gasteiger partial charge < -0.3 is 10.2 Å². The van der Waals surface area contributed by atoms with Gasteiger partial charge in [-0.25, -0.2) is 4.98 Å². The number of rotatable bonds is 7. The highest BCUT2D eigenvalue weighted by Gasteiger charge is 2.17. The van der Waals surface area contributed by atoms with Crippen molar-refractivity contribution in [3.8, 4) is 11.3 Å². The highest BCUT2D eigenvalue weighted by atomic mass is 16.1. The largest absolute Gasteiger partial charge is 0.352 e. The third-order valence-electron chi connectivity index (χ3n) is 5.48. The van der Waals surface area contributed by atoms with E-state index in [4.69, 9.17) is 4.98 Å². The summed E-state index contributed by atoms with van der Waals surface area (Å²) in [5.74, 6) is -0.0644. The number of aryl methyl sites for hydroxylation is 1. The first-order chi connectivity index (χ1) is 13.8. The second-order valence-electron chi connectivity index (χ2n) is 7.36. The molecule has 6 nitrogen and oxygen atoms in total. The number of pyridine rings is 1. The maximum Gasteiger partial charge on any atom is 0.252 e. The zero-order chi connectivity index (χ0) is 19.3. The predicted molar refractivity (Wildman–Crippen MR) is 111 cm³/mol. The number of aromatic amines is 1. The quantitative estimate of drug-likeness (QED) is 0.619. The van der Waals surface area contributed by atoms with Crippen molar-refractivity contribution in [3.63, 3.8) is 0 Å². The number of nitrogens with zero attached hydrogens (tertiary/aromatic N) is 3. The fraction of sp³-hybridized carbons (Fsp3) is 0.409. The molecule has 0 aliphatic carbocycles. The van der Waals surface area contributed by atoms with E-state index in [1.54, 1.807) is 6.20 Å². The van der Waals surface area contributed by atoms with Crippen LogP contribution in [0, 0.1) is 0 Å². The van der Waals surface area contributed by atoms with Gasteiger partial charge in [-0.3, -0.25) is 9.89 Å². The van der Waals surface area contributed by atoms with Crippen LogP contribution < -0.4 is 5.32 Å². The van der Waals surface area contributed by atoms with Gasteiger partial charge in [0.05, 0.1) is 22.8 Å². The van der Waals surface area contributed by atoms with E-state index in [0.717, 1.165) is 36.0 Å². The van der Waals surface area contributed by atoms with Crippen LogP contribution in [-0.2, 0) is 6.42 Å². The Balaban J connectivity index is 1.54. The topological polar surface area (TPSA) is 73.9 Å². The van der Waals surface area contributed by atoms with Gasteiger partial charge in [0.1, 0.15) is 0 Å². The molecule has 6 heteroatoms. The number of carbonyl (C=O) groups excluding carboxylic acids is 1. The lowest BCUT2D eigenvalue weighted by molar-refractivity contribution is 0.0953. The minimum atomic E-state index is -0.0644. The number of fused-ring (bicyclic) bond motifs is 1. The van der Waals surface area contributed by atoms with Crippen LogP contribution in [-0.4, -0.2) is 52.2 Å².